The molecule has 4 aliphatic rings. The number of amides is 1. The third-order valence-corrected chi connectivity index (χ3v) is 4.76. The minimum Gasteiger partial charge on any atom is -0.480 e. The van der Waals surface area contributed by atoms with E-state index in [9.17, 15) is 14.7 Å². The molecule has 0 saturated carbocycles. The van der Waals surface area contributed by atoms with Gasteiger partial charge in [0.25, 0.3) is 0 Å². The fraction of sp³-hybridized carbons (Fsp3) is 0.867. The van der Waals surface area contributed by atoms with E-state index in [0.29, 0.717) is 6.54 Å². The first-order chi connectivity index (χ1) is 10.2. The maximum atomic E-state index is 12.7. The average Bonchev–Trinajstić information content (AvgIpc) is 2.77. The standard InChI is InChI=1S/C15H24N2O5/c1-14(2,3)22-13(20)17-11(12(18)19)8-21-15(17)9-16-6-4-10(15)5-7-16/h10-11H,4-9H2,1-3H3,(H,18,19). The molecule has 124 valence electrons. The second-order valence-electron chi connectivity index (χ2n) is 7.41. The van der Waals surface area contributed by atoms with Crippen LogP contribution in [0.2, 0.25) is 0 Å². The molecule has 7 heteroatoms. The van der Waals surface area contributed by atoms with Gasteiger partial charge in [0.1, 0.15) is 5.60 Å². The van der Waals surface area contributed by atoms with Gasteiger partial charge in [-0.15, -0.1) is 0 Å². The summed E-state index contributed by atoms with van der Waals surface area (Å²) in [6.45, 7) is 7.90. The van der Waals surface area contributed by atoms with Crippen LogP contribution in [-0.2, 0) is 14.3 Å². The number of nitrogens with zero attached hydrogens (tertiary/aromatic N) is 2. The van der Waals surface area contributed by atoms with E-state index >= 15 is 0 Å². The highest BCUT2D eigenvalue weighted by Crippen LogP contribution is 2.45. The zero-order valence-corrected chi connectivity index (χ0v) is 13.4. The van der Waals surface area contributed by atoms with Gasteiger partial charge in [-0.1, -0.05) is 0 Å². The topological polar surface area (TPSA) is 79.3 Å². The summed E-state index contributed by atoms with van der Waals surface area (Å²) in [6, 6.07) is -0.976. The van der Waals surface area contributed by atoms with Crippen LogP contribution in [0.1, 0.15) is 33.6 Å². The number of carboxylic acids is 1. The van der Waals surface area contributed by atoms with Crippen LogP contribution in [-0.4, -0.2) is 70.6 Å². The van der Waals surface area contributed by atoms with Crippen molar-refractivity contribution in [3.05, 3.63) is 0 Å². The van der Waals surface area contributed by atoms with Crippen LogP contribution in [0, 0.1) is 5.92 Å². The first-order valence-corrected chi connectivity index (χ1v) is 7.84. The fourth-order valence-electron chi connectivity index (χ4n) is 3.83. The molecule has 22 heavy (non-hydrogen) atoms. The fourth-order valence-corrected chi connectivity index (χ4v) is 3.83. The van der Waals surface area contributed by atoms with E-state index in [4.69, 9.17) is 9.47 Å². The Morgan fingerprint density at radius 3 is 2.36 bits per heavy atom. The Bertz CT molecular complexity index is 481. The molecule has 1 amide bonds. The molecule has 0 aromatic heterocycles. The molecule has 7 nitrogen and oxygen atoms in total. The van der Waals surface area contributed by atoms with Crippen molar-refractivity contribution < 1.29 is 24.2 Å². The van der Waals surface area contributed by atoms with Crippen molar-refractivity contribution in [3.63, 3.8) is 0 Å². The predicted molar refractivity (Wildman–Crippen MR) is 77.3 cm³/mol. The average molecular weight is 312 g/mol. The Labute approximate surface area is 130 Å². The quantitative estimate of drug-likeness (QED) is 0.782. The zero-order valence-electron chi connectivity index (χ0n) is 13.4. The number of hydrogen-bond donors (Lipinski definition) is 1. The van der Waals surface area contributed by atoms with E-state index in [2.05, 4.69) is 4.90 Å². The second kappa shape index (κ2) is 5.09. The van der Waals surface area contributed by atoms with Crippen LogP contribution in [0.25, 0.3) is 0 Å². The first-order valence-electron chi connectivity index (χ1n) is 7.84. The Morgan fingerprint density at radius 1 is 1.27 bits per heavy atom. The van der Waals surface area contributed by atoms with Crippen molar-refractivity contribution >= 4 is 12.1 Å². The number of hydrogen-bond acceptors (Lipinski definition) is 5. The Balaban J connectivity index is 1.92. The molecule has 0 aromatic carbocycles. The lowest BCUT2D eigenvalue weighted by Crippen LogP contribution is -2.68. The van der Waals surface area contributed by atoms with E-state index in [1.54, 1.807) is 20.8 Å². The van der Waals surface area contributed by atoms with Crippen molar-refractivity contribution in [2.45, 2.75) is 51.0 Å². The van der Waals surface area contributed by atoms with Crippen molar-refractivity contribution in [2.24, 2.45) is 5.92 Å². The summed E-state index contributed by atoms with van der Waals surface area (Å²) in [4.78, 5) is 27.8. The van der Waals surface area contributed by atoms with Gasteiger partial charge in [-0.25, -0.2) is 9.59 Å². The van der Waals surface area contributed by atoms with E-state index < -0.39 is 29.4 Å². The van der Waals surface area contributed by atoms with Crippen LogP contribution in [0.15, 0.2) is 0 Å². The third kappa shape index (κ3) is 2.46. The lowest BCUT2D eigenvalue weighted by Gasteiger charge is -2.53. The van der Waals surface area contributed by atoms with Gasteiger partial charge in [-0.2, -0.15) is 0 Å². The minimum atomic E-state index is -1.04. The van der Waals surface area contributed by atoms with E-state index in [1.807, 2.05) is 0 Å². The summed E-state index contributed by atoms with van der Waals surface area (Å²) < 4.78 is 11.4. The number of piperidine rings is 3. The summed E-state index contributed by atoms with van der Waals surface area (Å²) in [7, 11) is 0. The van der Waals surface area contributed by atoms with E-state index in [-0.39, 0.29) is 12.5 Å². The molecular weight excluding hydrogens is 288 g/mol. The van der Waals surface area contributed by atoms with Crippen molar-refractivity contribution in [2.75, 3.05) is 26.2 Å². The van der Waals surface area contributed by atoms with Gasteiger partial charge in [0.05, 0.1) is 6.61 Å². The highest BCUT2D eigenvalue weighted by molar-refractivity contribution is 5.81. The minimum absolute atomic E-state index is 0.0267. The van der Waals surface area contributed by atoms with E-state index in [0.717, 1.165) is 25.9 Å². The molecule has 4 saturated heterocycles. The highest BCUT2D eigenvalue weighted by atomic mass is 16.6. The van der Waals surface area contributed by atoms with Crippen molar-refractivity contribution in [1.29, 1.82) is 0 Å². The number of rotatable bonds is 1. The molecular formula is C15H24N2O5. The SMILES string of the molecule is CC(C)(C)OC(=O)N1C(C(=O)O)COC12CN1CCC2CC1. The molecule has 4 heterocycles. The molecule has 1 spiro atoms. The largest absolute Gasteiger partial charge is 0.480 e. The Morgan fingerprint density at radius 2 is 1.91 bits per heavy atom. The molecule has 4 rings (SSSR count). The molecule has 0 radical (unpaired) electrons. The van der Waals surface area contributed by atoms with Crippen LogP contribution in [0.3, 0.4) is 0 Å². The van der Waals surface area contributed by atoms with Crippen LogP contribution >= 0.6 is 0 Å². The summed E-state index contributed by atoms with van der Waals surface area (Å²) in [5.41, 5.74) is -1.51. The maximum Gasteiger partial charge on any atom is 0.413 e. The zero-order chi connectivity index (χ0) is 16.1. The molecule has 0 aromatic rings. The van der Waals surface area contributed by atoms with Gasteiger partial charge >= 0.3 is 12.1 Å². The smallest absolute Gasteiger partial charge is 0.413 e. The predicted octanol–water partition coefficient (Wildman–Crippen LogP) is 1.13. The Kier molecular flexibility index (Phi) is 3.60. The van der Waals surface area contributed by atoms with Crippen LogP contribution in [0.4, 0.5) is 4.79 Å². The van der Waals surface area contributed by atoms with Gasteiger partial charge in [0, 0.05) is 12.5 Å². The lowest BCUT2D eigenvalue weighted by molar-refractivity contribution is -0.184. The molecule has 0 aliphatic carbocycles. The number of fused-ring (bicyclic) bond motifs is 2. The van der Waals surface area contributed by atoms with Crippen molar-refractivity contribution in [1.82, 2.24) is 9.80 Å². The second-order valence-corrected chi connectivity index (χ2v) is 7.41. The normalized spacial score (nSPS) is 37.6. The summed E-state index contributed by atoms with van der Waals surface area (Å²) >= 11 is 0. The number of carbonyl (C=O) groups is 2. The molecule has 1 N–H and O–H groups in total. The number of carboxylic acid groups (broad SMARTS) is 1. The lowest BCUT2D eigenvalue weighted by atomic mass is 9.80. The van der Waals surface area contributed by atoms with Crippen LogP contribution in [0.5, 0.6) is 0 Å². The number of ether oxygens (including phenoxy) is 2. The summed E-state index contributed by atoms with van der Waals surface area (Å²) in [5, 5.41) is 9.47. The van der Waals surface area contributed by atoms with Gasteiger partial charge in [-0.3, -0.25) is 9.80 Å². The monoisotopic (exact) mass is 312 g/mol. The number of carbonyl (C=O) groups excluding carboxylic acids is 1. The molecule has 2 bridgehead atoms. The summed E-state index contributed by atoms with van der Waals surface area (Å²) in [6.07, 6.45) is 1.25. The van der Waals surface area contributed by atoms with Gasteiger partial charge < -0.3 is 14.6 Å². The Hall–Kier alpha value is -1.34. The summed E-state index contributed by atoms with van der Waals surface area (Å²) in [5.74, 6) is -0.867. The maximum absolute atomic E-state index is 12.7. The van der Waals surface area contributed by atoms with Gasteiger partial charge in [0.15, 0.2) is 11.8 Å². The molecule has 2 unspecified atom stereocenters. The van der Waals surface area contributed by atoms with Crippen molar-refractivity contribution in [3.8, 4) is 0 Å². The highest BCUT2D eigenvalue weighted by Gasteiger charge is 2.61. The first kappa shape index (κ1) is 15.6. The van der Waals surface area contributed by atoms with Crippen LogP contribution < -0.4 is 0 Å². The van der Waals surface area contributed by atoms with Gasteiger partial charge in [0.2, 0.25) is 0 Å². The molecule has 2 atom stereocenters. The van der Waals surface area contributed by atoms with E-state index in [1.165, 1.54) is 4.90 Å². The number of aliphatic carboxylic acids is 1. The van der Waals surface area contributed by atoms with Gasteiger partial charge in [-0.05, 0) is 46.7 Å². The third-order valence-electron chi connectivity index (χ3n) is 4.76. The molecule has 4 aliphatic heterocycles. The molecule has 4 fully saturated rings.